The molecule has 0 fully saturated rings. The van der Waals surface area contributed by atoms with Gasteiger partial charge < -0.3 is 10.4 Å². The van der Waals surface area contributed by atoms with Gasteiger partial charge in [-0.3, -0.25) is 0 Å². The van der Waals surface area contributed by atoms with Gasteiger partial charge in [-0.05, 0) is 26.0 Å². The van der Waals surface area contributed by atoms with E-state index in [9.17, 15) is 5.11 Å². The first-order chi connectivity index (χ1) is 8.11. The van der Waals surface area contributed by atoms with Gasteiger partial charge in [-0.2, -0.15) is 0 Å². The van der Waals surface area contributed by atoms with Gasteiger partial charge in [-0.1, -0.05) is 12.1 Å². The number of nitrogens with zero attached hydrogens (tertiary/aromatic N) is 2. The minimum atomic E-state index is 0.218. The Kier molecular flexibility index (Phi) is 2.95. The SMILES string of the molecule is CNc1nc(-c2cccc(O)c2)nc(C)c1C. The number of anilines is 1. The molecule has 0 saturated carbocycles. The van der Waals surface area contributed by atoms with Crippen molar-refractivity contribution in [2.45, 2.75) is 13.8 Å². The summed E-state index contributed by atoms with van der Waals surface area (Å²) in [5, 5.41) is 12.5. The van der Waals surface area contributed by atoms with Crippen LogP contribution in [0.3, 0.4) is 0 Å². The topological polar surface area (TPSA) is 58.0 Å². The molecule has 0 saturated heterocycles. The van der Waals surface area contributed by atoms with Crippen LogP contribution < -0.4 is 5.32 Å². The standard InChI is InChI=1S/C13H15N3O/c1-8-9(2)15-13(16-12(8)14-3)10-5-4-6-11(17)7-10/h4-7,17H,1-3H3,(H,14,15,16). The highest BCUT2D eigenvalue weighted by molar-refractivity contribution is 5.61. The average molecular weight is 229 g/mol. The maximum atomic E-state index is 9.45. The summed E-state index contributed by atoms with van der Waals surface area (Å²) in [6, 6.07) is 6.94. The van der Waals surface area contributed by atoms with Crippen molar-refractivity contribution in [3.05, 3.63) is 35.5 Å². The van der Waals surface area contributed by atoms with E-state index in [0.717, 1.165) is 22.6 Å². The molecule has 0 unspecified atom stereocenters. The summed E-state index contributed by atoms with van der Waals surface area (Å²) in [6.45, 7) is 3.93. The smallest absolute Gasteiger partial charge is 0.161 e. The number of rotatable bonds is 2. The highest BCUT2D eigenvalue weighted by Gasteiger charge is 2.08. The van der Waals surface area contributed by atoms with Crippen LogP contribution in [0.5, 0.6) is 5.75 Å². The minimum absolute atomic E-state index is 0.218. The van der Waals surface area contributed by atoms with Crippen LogP contribution in [0.15, 0.2) is 24.3 Å². The molecule has 0 bridgehead atoms. The fraction of sp³-hybridized carbons (Fsp3) is 0.231. The number of phenols is 1. The monoisotopic (exact) mass is 229 g/mol. The number of benzene rings is 1. The van der Waals surface area contributed by atoms with Crippen molar-refractivity contribution in [3.63, 3.8) is 0 Å². The van der Waals surface area contributed by atoms with Gasteiger partial charge >= 0.3 is 0 Å². The van der Waals surface area contributed by atoms with Crippen molar-refractivity contribution in [1.29, 1.82) is 0 Å². The lowest BCUT2D eigenvalue weighted by atomic mass is 10.1. The normalized spacial score (nSPS) is 10.3. The second-order valence-corrected chi connectivity index (χ2v) is 3.91. The summed E-state index contributed by atoms with van der Waals surface area (Å²) >= 11 is 0. The van der Waals surface area contributed by atoms with E-state index in [-0.39, 0.29) is 5.75 Å². The highest BCUT2D eigenvalue weighted by Crippen LogP contribution is 2.23. The minimum Gasteiger partial charge on any atom is -0.508 e. The van der Waals surface area contributed by atoms with Crippen molar-refractivity contribution in [2.24, 2.45) is 0 Å². The Bertz CT molecular complexity index is 552. The zero-order valence-electron chi connectivity index (χ0n) is 10.2. The third-order valence-electron chi connectivity index (χ3n) is 2.73. The summed E-state index contributed by atoms with van der Waals surface area (Å²) in [6.07, 6.45) is 0. The molecule has 4 nitrogen and oxygen atoms in total. The highest BCUT2D eigenvalue weighted by atomic mass is 16.3. The summed E-state index contributed by atoms with van der Waals surface area (Å²) < 4.78 is 0. The van der Waals surface area contributed by atoms with E-state index in [4.69, 9.17) is 0 Å². The Morgan fingerprint density at radius 3 is 2.59 bits per heavy atom. The Hall–Kier alpha value is -2.10. The lowest BCUT2D eigenvalue weighted by Crippen LogP contribution is -2.02. The van der Waals surface area contributed by atoms with E-state index < -0.39 is 0 Å². The largest absolute Gasteiger partial charge is 0.508 e. The molecule has 2 rings (SSSR count). The van der Waals surface area contributed by atoms with Crippen LogP contribution in [-0.4, -0.2) is 22.1 Å². The molecule has 0 radical (unpaired) electrons. The molecule has 17 heavy (non-hydrogen) atoms. The van der Waals surface area contributed by atoms with Gasteiger partial charge in [0.25, 0.3) is 0 Å². The van der Waals surface area contributed by atoms with Crippen LogP contribution in [0.4, 0.5) is 5.82 Å². The second kappa shape index (κ2) is 4.41. The van der Waals surface area contributed by atoms with Crippen molar-refractivity contribution in [2.75, 3.05) is 12.4 Å². The van der Waals surface area contributed by atoms with Crippen LogP contribution in [0.2, 0.25) is 0 Å². The fourth-order valence-corrected chi connectivity index (χ4v) is 1.65. The number of hydrogen-bond acceptors (Lipinski definition) is 4. The van der Waals surface area contributed by atoms with E-state index in [1.807, 2.05) is 27.0 Å². The molecule has 1 aromatic heterocycles. The first kappa shape index (κ1) is 11.4. The van der Waals surface area contributed by atoms with Gasteiger partial charge in [0, 0.05) is 23.9 Å². The van der Waals surface area contributed by atoms with Gasteiger partial charge in [0.05, 0.1) is 0 Å². The van der Waals surface area contributed by atoms with Gasteiger partial charge in [0.15, 0.2) is 5.82 Å². The molecule has 88 valence electrons. The maximum absolute atomic E-state index is 9.45. The van der Waals surface area contributed by atoms with E-state index >= 15 is 0 Å². The molecule has 1 aromatic carbocycles. The van der Waals surface area contributed by atoms with Crippen molar-refractivity contribution in [1.82, 2.24) is 9.97 Å². The van der Waals surface area contributed by atoms with Crippen LogP contribution in [0, 0.1) is 13.8 Å². The van der Waals surface area contributed by atoms with Crippen LogP contribution in [0.1, 0.15) is 11.3 Å². The lowest BCUT2D eigenvalue weighted by Gasteiger charge is -2.09. The van der Waals surface area contributed by atoms with Gasteiger partial charge in [0.2, 0.25) is 0 Å². The third kappa shape index (κ3) is 2.20. The van der Waals surface area contributed by atoms with Crippen LogP contribution >= 0.6 is 0 Å². The van der Waals surface area contributed by atoms with Gasteiger partial charge in [-0.25, -0.2) is 9.97 Å². The van der Waals surface area contributed by atoms with Gasteiger partial charge in [-0.15, -0.1) is 0 Å². The summed E-state index contributed by atoms with van der Waals surface area (Å²) in [4.78, 5) is 8.86. The Morgan fingerprint density at radius 2 is 1.94 bits per heavy atom. The molecular weight excluding hydrogens is 214 g/mol. The molecule has 0 atom stereocenters. The Morgan fingerprint density at radius 1 is 1.18 bits per heavy atom. The predicted molar refractivity (Wildman–Crippen MR) is 68.2 cm³/mol. The zero-order chi connectivity index (χ0) is 12.4. The first-order valence-electron chi connectivity index (χ1n) is 5.44. The van der Waals surface area contributed by atoms with E-state index in [1.165, 1.54) is 0 Å². The van der Waals surface area contributed by atoms with E-state index in [0.29, 0.717) is 5.82 Å². The Balaban J connectivity index is 2.56. The molecule has 4 heteroatoms. The van der Waals surface area contributed by atoms with E-state index in [2.05, 4.69) is 15.3 Å². The maximum Gasteiger partial charge on any atom is 0.161 e. The van der Waals surface area contributed by atoms with Gasteiger partial charge in [0.1, 0.15) is 11.6 Å². The molecule has 0 amide bonds. The molecule has 2 aromatic rings. The summed E-state index contributed by atoms with van der Waals surface area (Å²) in [5.74, 6) is 1.65. The fourth-order valence-electron chi connectivity index (χ4n) is 1.65. The van der Waals surface area contributed by atoms with E-state index in [1.54, 1.807) is 18.2 Å². The molecule has 0 aliphatic rings. The van der Waals surface area contributed by atoms with Crippen LogP contribution in [-0.2, 0) is 0 Å². The summed E-state index contributed by atoms with van der Waals surface area (Å²) in [5.41, 5.74) is 2.78. The molecule has 0 aliphatic carbocycles. The molecule has 2 N–H and O–H groups in total. The first-order valence-corrected chi connectivity index (χ1v) is 5.44. The van der Waals surface area contributed by atoms with Crippen molar-refractivity contribution in [3.8, 4) is 17.1 Å². The molecule has 0 spiro atoms. The average Bonchev–Trinajstić information content (AvgIpc) is 2.32. The summed E-state index contributed by atoms with van der Waals surface area (Å²) in [7, 11) is 1.83. The number of phenolic OH excluding ortho intramolecular Hbond substituents is 1. The molecule has 1 heterocycles. The Labute approximate surface area is 100 Å². The van der Waals surface area contributed by atoms with Crippen molar-refractivity contribution >= 4 is 5.82 Å². The quantitative estimate of drug-likeness (QED) is 0.830. The molecular formula is C13H15N3O. The number of aromatic hydroxyl groups is 1. The number of nitrogens with one attached hydrogen (secondary N) is 1. The second-order valence-electron chi connectivity index (χ2n) is 3.91. The number of hydrogen-bond donors (Lipinski definition) is 2. The van der Waals surface area contributed by atoms with Crippen LogP contribution in [0.25, 0.3) is 11.4 Å². The zero-order valence-corrected chi connectivity index (χ0v) is 10.2. The third-order valence-corrected chi connectivity index (χ3v) is 2.73. The van der Waals surface area contributed by atoms with Crippen molar-refractivity contribution < 1.29 is 5.11 Å². The predicted octanol–water partition coefficient (Wildman–Crippen LogP) is 2.51. The lowest BCUT2D eigenvalue weighted by molar-refractivity contribution is 0.475. The number of aromatic nitrogens is 2. The molecule has 0 aliphatic heterocycles. The number of aryl methyl sites for hydroxylation is 1.